The van der Waals surface area contributed by atoms with Crippen molar-refractivity contribution in [2.75, 3.05) is 36.0 Å². The number of benzene rings is 2. The van der Waals surface area contributed by atoms with E-state index in [0.717, 1.165) is 30.2 Å². The Morgan fingerprint density at radius 2 is 1.78 bits per heavy atom. The summed E-state index contributed by atoms with van der Waals surface area (Å²) in [6.07, 6.45) is 3.01. The van der Waals surface area contributed by atoms with Gasteiger partial charge >= 0.3 is 0 Å². The molecule has 27 heavy (non-hydrogen) atoms. The van der Waals surface area contributed by atoms with Crippen LogP contribution in [0.4, 0.5) is 21.5 Å². The molecule has 4 nitrogen and oxygen atoms in total. The van der Waals surface area contributed by atoms with Gasteiger partial charge in [-0.15, -0.1) is 0 Å². The second-order valence-corrected chi connectivity index (χ2v) is 7.44. The van der Waals surface area contributed by atoms with Crippen LogP contribution >= 0.6 is 0 Å². The molecule has 2 aromatic rings. The summed E-state index contributed by atoms with van der Waals surface area (Å²) >= 11 is 0. The standard InChI is InChI=1S/C22H26FN3O/c1-17-5-4-13-24(17)14-12-22(27)26-16-15-25(19-10-8-18(23)9-11-19)20-6-2-3-7-21(20)26/h2-3,6-11,17H,4-5,12-16H2,1H3. The molecule has 4 rings (SSSR count). The van der Waals surface area contributed by atoms with Gasteiger partial charge in [0.25, 0.3) is 0 Å². The Kier molecular flexibility index (Phi) is 5.12. The SMILES string of the molecule is CC1CCCN1CCC(=O)N1CCN(c2ccc(F)cc2)c2ccccc21. The lowest BCUT2D eigenvalue weighted by Crippen LogP contribution is -2.43. The molecule has 1 unspecified atom stereocenters. The van der Waals surface area contributed by atoms with Gasteiger partial charge in [0, 0.05) is 37.8 Å². The Balaban J connectivity index is 1.52. The normalized spacial score (nSPS) is 20.0. The molecule has 0 saturated carbocycles. The van der Waals surface area contributed by atoms with Gasteiger partial charge in [-0.25, -0.2) is 4.39 Å². The second kappa shape index (κ2) is 7.69. The van der Waals surface area contributed by atoms with E-state index in [1.807, 2.05) is 29.2 Å². The van der Waals surface area contributed by atoms with Crippen molar-refractivity contribution in [3.63, 3.8) is 0 Å². The summed E-state index contributed by atoms with van der Waals surface area (Å²) in [7, 11) is 0. The van der Waals surface area contributed by atoms with Crippen LogP contribution < -0.4 is 9.80 Å². The molecule has 0 N–H and O–H groups in total. The van der Waals surface area contributed by atoms with Crippen LogP contribution in [0.15, 0.2) is 48.5 Å². The maximum atomic E-state index is 13.3. The quantitative estimate of drug-likeness (QED) is 0.811. The van der Waals surface area contributed by atoms with Crippen molar-refractivity contribution < 1.29 is 9.18 Å². The Morgan fingerprint density at radius 3 is 2.48 bits per heavy atom. The van der Waals surface area contributed by atoms with Crippen LogP contribution in [0.25, 0.3) is 0 Å². The van der Waals surface area contributed by atoms with Gasteiger partial charge in [-0.3, -0.25) is 4.79 Å². The zero-order valence-corrected chi connectivity index (χ0v) is 15.8. The lowest BCUT2D eigenvalue weighted by atomic mass is 10.1. The van der Waals surface area contributed by atoms with E-state index in [4.69, 9.17) is 0 Å². The number of para-hydroxylation sites is 2. The number of likely N-dealkylation sites (tertiary alicyclic amines) is 1. The number of hydrogen-bond donors (Lipinski definition) is 0. The highest BCUT2D eigenvalue weighted by atomic mass is 19.1. The molecule has 1 amide bonds. The first-order valence-electron chi connectivity index (χ1n) is 9.80. The first kappa shape index (κ1) is 18.0. The predicted octanol–water partition coefficient (Wildman–Crippen LogP) is 4.18. The van der Waals surface area contributed by atoms with Crippen molar-refractivity contribution in [1.29, 1.82) is 0 Å². The average molecular weight is 367 g/mol. The molecule has 1 atom stereocenters. The molecule has 0 aromatic heterocycles. The number of amides is 1. The Labute approximate surface area is 160 Å². The first-order valence-corrected chi connectivity index (χ1v) is 9.80. The van der Waals surface area contributed by atoms with Crippen molar-refractivity contribution in [2.24, 2.45) is 0 Å². The number of fused-ring (bicyclic) bond motifs is 1. The molecule has 2 aliphatic rings. The van der Waals surface area contributed by atoms with Gasteiger partial charge in [0.05, 0.1) is 11.4 Å². The fourth-order valence-corrected chi connectivity index (χ4v) is 4.21. The topological polar surface area (TPSA) is 26.8 Å². The lowest BCUT2D eigenvalue weighted by Gasteiger charge is -2.38. The fourth-order valence-electron chi connectivity index (χ4n) is 4.21. The minimum absolute atomic E-state index is 0.181. The third-order valence-electron chi connectivity index (χ3n) is 5.75. The zero-order valence-electron chi connectivity index (χ0n) is 15.8. The highest BCUT2D eigenvalue weighted by Gasteiger charge is 2.28. The van der Waals surface area contributed by atoms with E-state index in [-0.39, 0.29) is 11.7 Å². The molecule has 1 fully saturated rings. The van der Waals surface area contributed by atoms with Crippen LogP contribution in [0.2, 0.25) is 0 Å². The van der Waals surface area contributed by atoms with Crippen LogP contribution in [0, 0.1) is 5.82 Å². The molecule has 1 saturated heterocycles. The maximum absolute atomic E-state index is 13.3. The van der Waals surface area contributed by atoms with Crippen LogP contribution in [-0.4, -0.2) is 43.0 Å². The molecular formula is C22H26FN3O. The highest BCUT2D eigenvalue weighted by molar-refractivity contribution is 5.98. The largest absolute Gasteiger partial charge is 0.338 e. The fraction of sp³-hybridized carbons (Fsp3) is 0.409. The van der Waals surface area contributed by atoms with E-state index in [1.165, 1.54) is 25.0 Å². The van der Waals surface area contributed by atoms with Gasteiger partial charge in [-0.05, 0) is 62.7 Å². The van der Waals surface area contributed by atoms with Gasteiger partial charge in [0.1, 0.15) is 5.82 Å². The average Bonchev–Trinajstić information content (AvgIpc) is 3.11. The Bertz CT molecular complexity index is 807. The molecule has 2 heterocycles. The van der Waals surface area contributed by atoms with Crippen LogP contribution in [0.5, 0.6) is 0 Å². The summed E-state index contributed by atoms with van der Waals surface area (Å²) in [6.45, 7) is 5.52. The predicted molar refractivity (Wildman–Crippen MR) is 107 cm³/mol. The van der Waals surface area contributed by atoms with E-state index >= 15 is 0 Å². The van der Waals surface area contributed by atoms with Crippen molar-refractivity contribution >= 4 is 23.0 Å². The van der Waals surface area contributed by atoms with Gasteiger partial charge in [0.15, 0.2) is 0 Å². The first-order chi connectivity index (χ1) is 13.1. The van der Waals surface area contributed by atoms with E-state index in [9.17, 15) is 9.18 Å². The third kappa shape index (κ3) is 3.69. The summed E-state index contributed by atoms with van der Waals surface area (Å²) in [5.41, 5.74) is 2.88. The van der Waals surface area contributed by atoms with E-state index in [1.54, 1.807) is 12.1 Å². The summed E-state index contributed by atoms with van der Waals surface area (Å²) in [5.74, 6) is -0.0581. The summed E-state index contributed by atoms with van der Waals surface area (Å²) in [4.78, 5) is 19.4. The minimum Gasteiger partial charge on any atom is -0.338 e. The van der Waals surface area contributed by atoms with E-state index < -0.39 is 0 Å². The Morgan fingerprint density at radius 1 is 1.04 bits per heavy atom. The number of nitrogens with zero attached hydrogens (tertiary/aromatic N) is 3. The molecule has 0 aliphatic carbocycles. The van der Waals surface area contributed by atoms with Crippen molar-refractivity contribution in [2.45, 2.75) is 32.2 Å². The summed E-state index contributed by atoms with van der Waals surface area (Å²) in [6, 6.07) is 15.1. The second-order valence-electron chi connectivity index (χ2n) is 7.44. The number of halogens is 1. The molecular weight excluding hydrogens is 341 g/mol. The van der Waals surface area contributed by atoms with Gasteiger partial charge < -0.3 is 14.7 Å². The number of hydrogen-bond acceptors (Lipinski definition) is 3. The van der Waals surface area contributed by atoms with Crippen molar-refractivity contribution in [3.8, 4) is 0 Å². The van der Waals surface area contributed by atoms with Gasteiger partial charge in [0.2, 0.25) is 5.91 Å². The minimum atomic E-state index is -0.239. The zero-order chi connectivity index (χ0) is 18.8. The number of carbonyl (C=O) groups is 1. The van der Waals surface area contributed by atoms with E-state index in [2.05, 4.69) is 16.7 Å². The highest BCUT2D eigenvalue weighted by Crippen LogP contribution is 2.37. The molecule has 142 valence electrons. The molecule has 0 spiro atoms. The smallest absolute Gasteiger partial charge is 0.228 e. The number of anilines is 3. The molecule has 0 radical (unpaired) electrons. The number of carbonyl (C=O) groups excluding carboxylic acids is 1. The maximum Gasteiger partial charge on any atom is 0.228 e. The number of rotatable bonds is 4. The van der Waals surface area contributed by atoms with Gasteiger partial charge in [-0.2, -0.15) is 0 Å². The van der Waals surface area contributed by atoms with Crippen molar-refractivity contribution in [1.82, 2.24) is 4.90 Å². The van der Waals surface area contributed by atoms with Crippen LogP contribution in [-0.2, 0) is 4.79 Å². The van der Waals surface area contributed by atoms with Crippen LogP contribution in [0.3, 0.4) is 0 Å². The Hall–Kier alpha value is -2.40. The monoisotopic (exact) mass is 367 g/mol. The van der Waals surface area contributed by atoms with Gasteiger partial charge in [-0.1, -0.05) is 12.1 Å². The van der Waals surface area contributed by atoms with Crippen molar-refractivity contribution in [3.05, 3.63) is 54.3 Å². The van der Waals surface area contributed by atoms with Crippen LogP contribution in [0.1, 0.15) is 26.2 Å². The van der Waals surface area contributed by atoms with E-state index in [0.29, 0.717) is 25.6 Å². The summed E-state index contributed by atoms with van der Waals surface area (Å²) in [5, 5.41) is 0. The third-order valence-corrected chi connectivity index (χ3v) is 5.75. The molecule has 2 aromatic carbocycles. The lowest BCUT2D eigenvalue weighted by molar-refractivity contribution is -0.119. The summed E-state index contributed by atoms with van der Waals surface area (Å²) < 4.78 is 13.3. The molecule has 5 heteroatoms. The molecule has 2 aliphatic heterocycles. The molecule has 0 bridgehead atoms.